The number of carboxylic acid groups (broad SMARTS) is 1. The lowest BCUT2D eigenvalue weighted by molar-refractivity contribution is -0.130. The molecule has 2 aliphatic rings. The molecule has 0 radical (unpaired) electrons. The first kappa shape index (κ1) is 21.8. The van der Waals surface area contributed by atoms with E-state index in [2.05, 4.69) is 39.1 Å². The van der Waals surface area contributed by atoms with E-state index in [0.29, 0.717) is 11.8 Å². The molecule has 1 aromatic heterocycles. The number of aromatic amines is 1. The van der Waals surface area contributed by atoms with E-state index in [9.17, 15) is 4.79 Å². The molecule has 0 unspecified atom stereocenters. The Morgan fingerprint density at radius 1 is 1.30 bits per heavy atom. The summed E-state index contributed by atoms with van der Waals surface area (Å²) in [5, 5.41) is 14.2. The Morgan fingerprint density at radius 3 is 2.57 bits per heavy atom. The molecule has 4 rings (SSSR count). The number of carbonyl (C=O) groups is 2. The maximum atomic E-state index is 12.3. The number of hydrogen-bond acceptors (Lipinski definition) is 6. The Morgan fingerprint density at radius 2 is 2.00 bits per heavy atom. The van der Waals surface area contributed by atoms with Crippen LogP contribution < -0.4 is 4.74 Å². The number of hydrogen-bond donors (Lipinski definition) is 2. The first-order chi connectivity index (χ1) is 14.5. The summed E-state index contributed by atoms with van der Waals surface area (Å²) in [6, 6.07) is 8.27. The number of methoxy groups -OCH3 is 1. The molecule has 1 aromatic carbocycles. The van der Waals surface area contributed by atoms with Crippen LogP contribution in [0.5, 0.6) is 5.75 Å². The van der Waals surface area contributed by atoms with Crippen LogP contribution in [0.15, 0.2) is 24.3 Å². The first-order valence-corrected chi connectivity index (χ1v) is 10.1. The summed E-state index contributed by atoms with van der Waals surface area (Å²) in [5.74, 6) is 3.72. The molecule has 2 saturated heterocycles. The van der Waals surface area contributed by atoms with Gasteiger partial charge in [-0.15, -0.1) is 0 Å². The van der Waals surface area contributed by atoms with E-state index in [-0.39, 0.29) is 18.4 Å². The van der Waals surface area contributed by atoms with Crippen molar-refractivity contribution < 1.29 is 19.4 Å². The van der Waals surface area contributed by atoms with Crippen LogP contribution >= 0.6 is 0 Å². The van der Waals surface area contributed by atoms with E-state index in [4.69, 9.17) is 14.6 Å². The SMILES string of the molecule is CCc1n[nH]c(CN2C[C@@H]3CN(C(C)=O)[C@@H](c4ccc(OC)cc4)[C@@H]3C2)n1.O=CO. The standard InChI is InChI=1S/C20H27N5O2.CH2O2/c1-4-18-21-19(23-22-18)12-24-9-15-10-25(13(2)26)20(17(15)11-24)14-5-7-16(27-3)8-6-14;2-1-3/h5-8,15,17,20H,4,9-12H2,1-3H3,(H,21,22,23);1H,(H,2,3)/t15-,17-,20+;/m1./s1. The third-order valence-corrected chi connectivity index (χ3v) is 5.87. The highest BCUT2D eigenvalue weighted by atomic mass is 16.5. The molecule has 9 heteroatoms. The van der Waals surface area contributed by atoms with Gasteiger partial charge in [-0.25, -0.2) is 4.98 Å². The van der Waals surface area contributed by atoms with Crippen molar-refractivity contribution in [3.63, 3.8) is 0 Å². The Hall–Kier alpha value is -2.94. The second kappa shape index (κ2) is 9.71. The predicted molar refractivity (Wildman–Crippen MR) is 110 cm³/mol. The number of amides is 1. The fourth-order valence-electron chi connectivity index (χ4n) is 4.59. The van der Waals surface area contributed by atoms with Crippen LogP contribution in [0.25, 0.3) is 0 Å². The van der Waals surface area contributed by atoms with Crippen molar-refractivity contribution in [3.8, 4) is 5.75 Å². The van der Waals surface area contributed by atoms with Gasteiger partial charge in [-0.1, -0.05) is 19.1 Å². The van der Waals surface area contributed by atoms with Gasteiger partial charge in [0.15, 0.2) is 0 Å². The van der Waals surface area contributed by atoms with E-state index < -0.39 is 0 Å². The van der Waals surface area contributed by atoms with Gasteiger partial charge in [0, 0.05) is 38.9 Å². The van der Waals surface area contributed by atoms with Crippen molar-refractivity contribution in [3.05, 3.63) is 41.5 Å². The van der Waals surface area contributed by atoms with Gasteiger partial charge in [0.05, 0.1) is 19.7 Å². The molecule has 2 aromatic rings. The molecule has 1 amide bonds. The molecule has 2 aliphatic heterocycles. The van der Waals surface area contributed by atoms with Gasteiger partial charge in [0.2, 0.25) is 5.91 Å². The average Bonchev–Trinajstić information content (AvgIpc) is 3.43. The molecule has 3 atom stereocenters. The van der Waals surface area contributed by atoms with Gasteiger partial charge in [-0.2, -0.15) is 5.10 Å². The molecule has 0 aliphatic carbocycles. The minimum atomic E-state index is -0.250. The normalized spacial score (nSPS) is 22.9. The fourth-order valence-corrected chi connectivity index (χ4v) is 4.59. The second-order valence-corrected chi connectivity index (χ2v) is 7.66. The van der Waals surface area contributed by atoms with Gasteiger partial charge >= 0.3 is 0 Å². The number of rotatable bonds is 5. The topological polar surface area (TPSA) is 112 Å². The van der Waals surface area contributed by atoms with Gasteiger partial charge in [0.1, 0.15) is 17.4 Å². The van der Waals surface area contributed by atoms with Crippen LogP contribution in [0.4, 0.5) is 0 Å². The Bertz CT molecular complexity index is 853. The summed E-state index contributed by atoms with van der Waals surface area (Å²) < 4.78 is 5.28. The third kappa shape index (κ3) is 4.62. The van der Waals surface area contributed by atoms with Crippen LogP contribution in [-0.4, -0.2) is 69.2 Å². The maximum absolute atomic E-state index is 12.3. The van der Waals surface area contributed by atoms with Gasteiger partial charge in [-0.05, 0) is 23.6 Å². The van der Waals surface area contributed by atoms with Crippen molar-refractivity contribution in [2.75, 3.05) is 26.7 Å². The molecule has 2 N–H and O–H groups in total. The Kier molecular flexibility index (Phi) is 7.04. The van der Waals surface area contributed by atoms with E-state index in [0.717, 1.165) is 50.0 Å². The lowest BCUT2D eigenvalue weighted by Gasteiger charge is -2.29. The average molecular weight is 415 g/mol. The lowest BCUT2D eigenvalue weighted by Crippen LogP contribution is -2.34. The van der Waals surface area contributed by atoms with Crippen LogP contribution in [0.1, 0.15) is 37.1 Å². The highest BCUT2D eigenvalue weighted by molar-refractivity contribution is 5.74. The summed E-state index contributed by atoms with van der Waals surface area (Å²) in [6.45, 7) is 7.05. The van der Waals surface area contributed by atoms with Crippen molar-refractivity contribution in [1.82, 2.24) is 25.0 Å². The Labute approximate surface area is 176 Å². The van der Waals surface area contributed by atoms with Crippen LogP contribution in [0.2, 0.25) is 0 Å². The second-order valence-electron chi connectivity index (χ2n) is 7.66. The van der Waals surface area contributed by atoms with Crippen LogP contribution in [0, 0.1) is 11.8 Å². The number of benzene rings is 1. The zero-order valence-electron chi connectivity index (χ0n) is 17.6. The molecule has 162 valence electrons. The van der Waals surface area contributed by atoms with Gasteiger partial charge in [-0.3, -0.25) is 19.6 Å². The number of carbonyl (C=O) groups excluding carboxylic acids is 1. The quantitative estimate of drug-likeness (QED) is 0.715. The third-order valence-electron chi connectivity index (χ3n) is 5.87. The Balaban J connectivity index is 0.000000806. The number of likely N-dealkylation sites (tertiary alicyclic amines) is 2. The number of nitrogens with zero attached hydrogens (tertiary/aromatic N) is 4. The van der Waals surface area contributed by atoms with Crippen molar-refractivity contribution in [1.29, 1.82) is 0 Å². The summed E-state index contributed by atoms with van der Waals surface area (Å²) in [5.41, 5.74) is 1.19. The summed E-state index contributed by atoms with van der Waals surface area (Å²) in [6.07, 6.45) is 0.842. The number of H-pyrrole nitrogens is 1. The number of ether oxygens (including phenoxy) is 1. The molecule has 0 saturated carbocycles. The summed E-state index contributed by atoms with van der Waals surface area (Å²) in [4.78, 5) is 29.6. The molecule has 2 fully saturated rings. The molecule has 30 heavy (non-hydrogen) atoms. The summed E-state index contributed by atoms with van der Waals surface area (Å²) in [7, 11) is 1.67. The molecule has 3 heterocycles. The van der Waals surface area contributed by atoms with Crippen molar-refractivity contribution >= 4 is 12.4 Å². The largest absolute Gasteiger partial charge is 0.497 e. The van der Waals surface area contributed by atoms with E-state index in [1.165, 1.54) is 5.56 Å². The zero-order valence-corrected chi connectivity index (χ0v) is 17.6. The highest BCUT2D eigenvalue weighted by Crippen LogP contribution is 2.45. The maximum Gasteiger partial charge on any atom is 0.290 e. The van der Waals surface area contributed by atoms with Crippen molar-refractivity contribution in [2.24, 2.45) is 11.8 Å². The number of aryl methyl sites for hydroxylation is 1. The lowest BCUT2D eigenvalue weighted by atomic mass is 9.89. The molecule has 0 bridgehead atoms. The van der Waals surface area contributed by atoms with Crippen LogP contribution in [-0.2, 0) is 22.6 Å². The summed E-state index contributed by atoms with van der Waals surface area (Å²) >= 11 is 0. The minimum Gasteiger partial charge on any atom is -0.497 e. The molecular weight excluding hydrogens is 386 g/mol. The minimum absolute atomic E-state index is 0.129. The number of nitrogens with one attached hydrogen (secondary N) is 1. The molecule has 9 nitrogen and oxygen atoms in total. The number of fused-ring (bicyclic) bond motifs is 1. The van der Waals surface area contributed by atoms with Crippen LogP contribution in [0.3, 0.4) is 0 Å². The molecule has 0 spiro atoms. The van der Waals surface area contributed by atoms with E-state index >= 15 is 0 Å². The van der Waals surface area contributed by atoms with Crippen molar-refractivity contribution in [2.45, 2.75) is 32.9 Å². The zero-order chi connectivity index (χ0) is 21.7. The first-order valence-electron chi connectivity index (χ1n) is 10.1. The monoisotopic (exact) mass is 415 g/mol. The van der Waals surface area contributed by atoms with Gasteiger partial charge in [0.25, 0.3) is 6.47 Å². The highest BCUT2D eigenvalue weighted by Gasteiger charge is 2.48. The molecular formula is C21H29N5O4. The smallest absolute Gasteiger partial charge is 0.290 e. The fraction of sp³-hybridized carbons (Fsp3) is 0.524. The van der Waals surface area contributed by atoms with Gasteiger partial charge < -0.3 is 14.7 Å². The predicted octanol–water partition coefficient (Wildman–Crippen LogP) is 1.73. The van der Waals surface area contributed by atoms with E-state index in [1.807, 2.05) is 17.0 Å². The number of aromatic nitrogens is 3. The van der Waals surface area contributed by atoms with E-state index in [1.54, 1.807) is 14.0 Å².